The maximum atomic E-state index is 13.7. The van der Waals surface area contributed by atoms with Crippen molar-refractivity contribution in [1.82, 2.24) is 4.90 Å². The lowest BCUT2D eigenvalue weighted by Crippen LogP contribution is -2.50. The summed E-state index contributed by atoms with van der Waals surface area (Å²) in [5.74, 6) is -3.15. The number of nitrogens with zero attached hydrogens (tertiary/aromatic N) is 1. The second kappa shape index (κ2) is 32.3. The molecule has 0 fully saturated rings. The van der Waals surface area contributed by atoms with E-state index in [1.54, 1.807) is 67.0 Å². The molecule has 0 radical (unpaired) electrons. The highest BCUT2D eigenvalue weighted by Gasteiger charge is 2.43. The van der Waals surface area contributed by atoms with Crippen LogP contribution in [0.1, 0.15) is 87.0 Å². The topological polar surface area (TPSA) is 195 Å². The van der Waals surface area contributed by atoms with E-state index < -0.39 is 84.8 Å². The zero-order valence-corrected chi connectivity index (χ0v) is 44.6. The number of hydrogen-bond acceptors (Lipinski definition) is 15. The molecule has 17 atom stereocenters. The van der Waals surface area contributed by atoms with Crippen molar-refractivity contribution in [2.24, 2.45) is 35.5 Å². The molecule has 70 heavy (non-hydrogen) atoms. The monoisotopic (exact) mass is 990 g/mol. The Kier molecular flexibility index (Phi) is 28.7. The average Bonchev–Trinajstić information content (AvgIpc) is 3.34. The van der Waals surface area contributed by atoms with Crippen LogP contribution in [0.3, 0.4) is 0 Å². The van der Waals surface area contributed by atoms with E-state index in [4.69, 9.17) is 42.6 Å². The Morgan fingerprint density at radius 1 is 0.829 bits per heavy atom. The van der Waals surface area contributed by atoms with Gasteiger partial charge in [0.2, 0.25) is 6.41 Å². The Labute approximate surface area is 418 Å². The minimum Gasteiger partial charge on any atom is -0.458 e. The summed E-state index contributed by atoms with van der Waals surface area (Å²) < 4.78 is 53.1. The summed E-state index contributed by atoms with van der Waals surface area (Å²) in [4.78, 5) is 52.7. The van der Waals surface area contributed by atoms with E-state index >= 15 is 0 Å². The van der Waals surface area contributed by atoms with Crippen molar-refractivity contribution in [2.45, 2.75) is 154 Å². The van der Waals surface area contributed by atoms with Gasteiger partial charge in [0.05, 0.1) is 42.7 Å². The molecule has 0 saturated carbocycles. The number of ether oxygens (including phenoxy) is 9. The van der Waals surface area contributed by atoms with Gasteiger partial charge in [-0.05, 0) is 32.1 Å². The van der Waals surface area contributed by atoms with E-state index in [9.17, 15) is 29.4 Å². The number of carbonyl (C=O) groups excluding carboxylic acids is 4. The quantitative estimate of drug-likeness (QED) is 0.0805. The smallest absolute Gasteiger partial charge is 0.331 e. The summed E-state index contributed by atoms with van der Waals surface area (Å²) in [5, 5.41) is 23.2. The van der Waals surface area contributed by atoms with Crippen LogP contribution in [0.5, 0.6) is 0 Å². The molecular formula is C54H87NO15. The molecule has 2 bridgehead atoms. The highest BCUT2D eigenvalue weighted by atomic mass is 16.6. The largest absolute Gasteiger partial charge is 0.458 e. The van der Waals surface area contributed by atoms with Gasteiger partial charge in [-0.3, -0.25) is 9.59 Å². The number of aliphatic hydroxyl groups excluding tert-OH is 2. The minimum atomic E-state index is -1.24. The van der Waals surface area contributed by atoms with E-state index in [2.05, 4.69) is 0 Å². The third kappa shape index (κ3) is 19.3. The first-order valence-electron chi connectivity index (χ1n) is 24.5. The van der Waals surface area contributed by atoms with Gasteiger partial charge in [0.15, 0.2) is 0 Å². The molecule has 0 unspecified atom stereocenters. The predicted octanol–water partition coefficient (Wildman–Crippen LogP) is 6.53. The number of carbonyl (C=O) groups is 4. The van der Waals surface area contributed by atoms with E-state index in [-0.39, 0.29) is 48.4 Å². The van der Waals surface area contributed by atoms with Gasteiger partial charge >= 0.3 is 11.9 Å². The first-order valence-corrected chi connectivity index (χ1v) is 24.5. The summed E-state index contributed by atoms with van der Waals surface area (Å²) in [6, 6.07) is 0. The molecule has 0 aliphatic carbocycles. The lowest BCUT2D eigenvalue weighted by atomic mass is 9.81. The minimum absolute atomic E-state index is 0.0438. The molecule has 16 nitrogen and oxygen atoms in total. The fourth-order valence-electron chi connectivity index (χ4n) is 9.43. The van der Waals surface area contributed by atoms with Gasteiger partial charge in [0, 0.05) is 130 Å². The molecule has 0 aromatic carbocycles. The number of amides is 1. The summed E-state index contributed by atoms with van der Waals surface area (Å²) in [6.45, 7) is 13.4. The van der Waals surface area contributed by atoms with Gasteiger partial charge in [-0.1, -0.05) is 89.6 Å². The lowest BCUT2D eigenvalue weighted by molar-refractivity contribution is -0.162. The van der Waals surface area contributed by atoms with Crippen molar-refractivity contribution in [1.29, 1.82) is 0 Å². The summed E-state index contributed by atoms with van der Waals surface area (Å²) in [5.41, 5.74) is 1.12. The Balaban J connectivity index is 2.55. The van der Waals surface area contributed by atoms with Crippen LogP contribution in [0.4, 0.5) is 0 Å². The number of hydrogen-bond donors (Lipinski definition) is 2. The number of fused-ring (bicyclic) bond motifs is 2. The van der Waals surface area contributed by atoms with Crippen molar-refractivity contribution in [2.75, 3.05) is 56.8 Å². The molecule has 398 valence electrons. The zero-order valence-electron chi connectivity index (χ0n) is 44.6. The van der Waals surface area contributed by atoms with Crippen molar-refractivity contribution >= 4 is 24.1 Å². The molecule has 16 heteroatoms. The molecule has 0 aromatic heterocycles. The Morgan fingerprint density at radius 3 is 2.03 bits per heavy atom. The number of methoxy groups -OCH3 is 7. The maximum Gasteiger partial charge on any atom is 0.331 e. The zero-order chi connectivity index (χ0) is 52.7. The predicted molar refractivity (Wildman–Crippen MR) is 267 cm³/mol. The van der Waals surface area contributed by atoms with Crippen molar-refractivity contribution in [3.63, 3.8) is 0 Å². The molecule has 0 saturated heterocycles. The molecule has 2 aliphatic heterocycles. The van der Waals surface area contributed by atoms with Gasteiger partial charge in [0.25, 0.3) is 0 Å². The van der Waals surface area contributed by atoms with Gasteiger partial charge in [-0.2, -0.15) is 0 Å². The van der Waals surface area contributed by atoms with Crippen LogP contribution in [-0.2, 0) is 61.8 Å². The van der Waals surface area contributed by atoms with Gasteiger partial charge < -0.3 is 57.7 Å². The molecule has 2 aliphatic rings. The van der Waals surface area contributed by atoms with Crippen molar-refractivity contribution < 1.29 is 72.0 Å². The molecule has 2 N–H and O–H groups in total. The van der Waals surface area contributed by atoms with Crippen LogP contribution in [-0.4, -0.2) is 163 Å². The van der Waals surface area contributed by atoms with E-state index in [1.165, 1.54) is 31.3 Å². The summed E-state index contributed by atoms with van der Waals surface area (Å²) >= 11 is 0. The summed E-state index contributed by atoms with van der Waals surface area (Å²) in [6.07, 6.45) is 12.5. The van der Waals surface area contributed by atoms with Crippen molar-refractivity contribution in [3.8, 4) is 0 Å². The normalized spacial score (nSPS) is 33.5. The molecule has 2 heterocycles. The third-order valence-corrected chi connectivity index (χ3v) is 14.1. The highest BCUT2D eigenvalue weighted by molar-refractivity contribution is 5.84. The SMILES string of the molecule is CO[C@H]([C@H](C)[C@H]1OC(=O)/C=C/C=C(\C)C[C@H](OC)[C@H](OC)C2=CC(=O)O[C@@H]([C@H](C)[C@H](OC)C[C@@H](OC)/C=C/[C@H](C)[C@@H](O)C[C@@H](OC)/C=C/[C@@H]1C)[C@H]2O)[C@@H](C)CCC(=O)[C@H](C)[C@@H](C/C=C/N(C)C=O)OC. The standard InChI is InChI=1S/C54H87NO15/c1-33-18-16-20-48(59)69-52(39(7)51(67-14)35(3)23-26-43(57)37(5)45(64-11)19-17-27-55(8)32-56)36(4)22-25-40(62-9)29-44(58)34(2)21-24-41(63-10)30-46(65-12)38(6)53-50(61)42(31-49(60)70-53)54(68-15)47(28-33)66-13/h16-18,20-22,24-25,27,31-32,34-41,44-47,50-54,58,61H,19,23,26,28-30H2,1-15H3/b20-16+,24-21+,25-22+,27-17+,33-18+/t34-,35-,36-,37-,38+,39-,40-,41-,44-,45+,46+,47-,50-,51-,52-,53-,54+/m0/s1. The maximum absolute atomic E-state index is 13.7. The first kappa shape index (κ1) is 62.3. The van der Waals surface area contributed by atoms with Crippen molar-refractivity contribution in [3.05, 3.63) is 72.0 Å². The second-order valence-corrected chi connectivity index (χ2v) is 19.1. The lowest BCUT2D eigenvalue weighted by Gasteiger charge is -2.39. The van der Waals surface area contributed by atoms with Crippen LogP contribution >= 0.6 is 0 Å². The van der Waals surface area contributed by atoms with Crippen LogP contribution in [0, 0.1) is 35.5 Å². The Bertz CT molecular complexity index is 1780. The van der Waals surface area contributed by atoms with E-state index in [0.29, 0.717) is 37.7 Å². The first-order chi connectivity index (χ1) is 33.2. The van der Waals surface area contributed by atoms with Crippen LogP contribution in [0.25, 0.3) is 0 Å². The molecule has 2 rings (SSSR count). The fourth-order valence-corrected chi connectivity index (χ4v) is 9.43. The van der Waals surface area contributed by atoms with Gasteiger partial charge in [0.1, 0.15) is 30.2 Å². The van der Waals surface area contributed by atoms with E-state index in [0.717, 1.165) is 5.57 Å². The highest BCUT2D eigenvalue weighted by Crippen LogP contribution is 2.34. The Morgan fingerprint density at radius 2 is 1.46 bits per heavy atom. The molecular weight excluding hydrogens is 903 g/mol. The Hall–Kier alpha value is -3.84. The number of cyclic esters (lactones) is 1. The second-order valence-electron chi connectivity index (χ2n) is 19.1. The number of allylic oxidation sites excluding steroid dienone is 2. The third-order valence-electron chi connectivity index (χ3n) is 14.1. The number of Topliss-reactive ketones (excluding diaryl/α,β-unsaturated/α-hetero) is 1. The number of rotatable bonds is 19. The van der Waals surface area contributed by atoms with E-state index in [1.807, 2.05) is 72.8 Å². The molecule has 0 aromatic rings. The van der Waals surface area contributed by atoms with Crippen LogP contribution in [0.15, 0.2) is 72.0 Å². The van der Waals surface area contributed by atoms with Crippen LogP contribution in [0.2, 0.25) is 0 Å². The number of aliphatic hydroxyl groups is 2. The van der Waals surface area contributed by atoms with Gasteiger partial charge in [-0.15, -0.1) is 0 Å². The average molecular weight is 990 g/mol. The fraction of sp³-hybridized carbons (Fsp3) is 0.704. The summed E-state index contributed by atoms with van der Waals surface area (Å²) in [7, 11) is 12.5. The van der Waals surface area contributed by atoms with Gasteiger partial charge in [-0.25, -0.2) is 9.59 Å². The molecule has 1 amide bonds. The number of ketones is 1. The van der Waals surface area contributed by atoms with Crippen LogP contribution < -0.4 is 0 Å². The number of esters is 2. The molecule has 0 spiro atoms.